The minimum Gasteiger partial charge on any atom is -0.314 e. The molecule has 1 unspecified atom stereocenters. The second kappa shape index (κ2) is 4.44. The van der Waals surface area contributed by atoms with Crippen LogP contribution in [0.25, 0.3) is 0 Å². The molecule has 2 rings (SSSR count). The molecule has 14 heavy (non-hydrogen) atoms. The van der Waals surface area contributed by atoms with Gasteiger partial charge >= 0.3 is 0 Å². The van der Waals surface area contributed by atoms with Crippen molar-refractivity contribution in [3.05, 3.63) is 0 Å². The van der Waals surface area contributed by atoms with Gasteiger partial charge in [-0.3, -0.25) is 0 Å². The van der Waals surface area contributed by atoms with Crippen LogP contribution in [-0.4, -0.2) is 24.1 Å². The summed E-state index contributed by atoms with van der Waals surface area (Å²) in [4.78, 5) is 0. The predicted octanol–water partition coefficient (Wildman–Crippen LogP) is 2.91. The Kier molecular flexibility index (Phi) is 3.43. The van der Waals surface area contributed by atoms with E-state index in [1.807, 2.05) is 0 Å². The molecule has 0 radical (unpaired) electrons. The average Bonchev–Trinajstić information content (AvgIpc) is 2.13. The Morgan fingerprint density at radius 3 is 2.71 bits per heavy atom. The van der Waals surface area contributed by atoms with Gasteiger partial charge in [-0.15, -0.1) is 0 Å². The standard InChI is InChI=1S/C12H23NS/c1-12(2)6-11(7-12)13-8-10-4-3-5-14-9-10/h10-11,13H,3-9H2,1-2H3. The van der Waals surface area contributed by atoms with Crippen LogP contribution in [0, 0.1) is 11.3 Å². The smallest absolute Gasteiger partial charge is 0.00773 e. The first kappa shape index (κ1) is 10.8. The van der Waals surface area contributed by atoms with E-state index in [0.717, 1.165) is 12.0 Å². The van der Waals surface area contributed by atoms with Crippen molar-refractivity contribution in [1.82, 2.24) is 5.32 Å². The minimum atomic E-state index is 0.624. The van der Waals surface area contributed by atoms with Crippen LogP contribution in [0.1, 0.15) is 39.5 Å². The minimum absolute atomic E-state index is 0.624. The normalized spacial score (nSPS) is 32.6. The monoisotopic (exact) mass is 213 g/mol. The Labute approximate surface area is 92.4 Å². The lowest BCUT2D eigenvalue weighted by Gasteiger charge is -2.43. The zero-order chi connectivity index (χ0) is 10.0. The third kappa shape index (κ3) is 2.90. The Hall–Kier alpha value is 0.310. The van der Waals surface area contributed by atoms with Crippen molar-refractivity contribution >= 4 is 11.8 Å². The van der Waals surface area contributed by atoms with Crippen LogP contribution in [0.15, 0.2) is 0 Å². The lowest BCUT2D eigenvalue weighted by Crippen LogP contribution is -2.47. The maximum atomic E-state index is 3.73. The highest BCUT2D eigenvalue weighted by atomic mass is 32.2. The van der Waals surface area contributed by atoms with Crippen molar-refractivity contribution in [2.75, 3.05) is 18.1 Å². The highest BCUT2D eigenvalue weighted by molar-refractivity contribution is 7.99. The number of rotatable bonds is 3. The van der Waals surface area contributed by atoms with Gasteiger partial charge in [0.05, 0.1) is 0 Å². The van der Waals surface area contributed by atoms with Crippen molar-refractivity contribution in [2.45, 2.75) is 45.6 Å². The van der Waals surface area contributed by atoms with Crippen LogP contribution >= 0.6 is 11.8 Å². The summed E-state index contributed by atoms with van der Waals surface area (Å²) in [5.74, 6) is 3.74. The number of hydrogen-bond acceptors (Lipinski definition) is 2. The van der Waals surface area contributed by atoms with Crippen LogP contribution in [0.2, 0.25) is 0 Å². The van der Waals surface area contributed by atoms with E-state index in [-0.39, 0.29) is 0 Å². The van der Waals surface area contributed by atoms with E-state index in [1.54, 1.807) is 0 Å². The molecule has 82 valence electrons. The summed E-state index contributed by atoms with van der Waals surface area (Å²) in [6.07, 6.45) is 5.66. The van der Waals surface area contributed by atoms with E-state index in [0.29, 0.717) is 5.41 Å². The Balaban J connectivity index is 1.59. The molecule has 1 N–H and O–H groups in total. The molecule has 1 heterocycles. The topological polar surface area (TPSA) is 12.0 Å². The molecule has 1 atom stereocenters. The van der Waals surface area contributed by atoms with Gasteiger partial charge in [-0.2, -0.15) is 11.8 Å². The molecule has 0 aromatic rings. The second-order valence-corrected chi connectivity index (χ2v) is 6.91. The van der Waals surface area contributed by atoms with E-state index in [1.165, 1.54) is 43.7 Å². The van der Waals surface area contributed by atoms with Crippen LogP contribution in [0.5, 0.6) is 0 Å². The molecule has 2 aliphatic rings. The molecule has 1 aliphatic heterocycles. The molecule has 0 spiro atoms. The molecule has 1 saturated heterocycles. The molecular formula is C12H23NS. The summed E-state index contributed by atoms with van der Waals surface area (Å²) in [6.45, 7) is 6.02. The summed E-state index contributed by atoms with van der Waals surface area (Å²) >= 11 is 2.14. The van der Waals surface area contributed by atoms with Crippen molar-refractivity contribution in [1.29, 1.82) is 0 Å². The van der Waals surface area contributed by atoms with Gasteiger partial charge in [0.25, 0.3) is 0 Å². The van der Waals surface area contributed by atoms with Crippen LogP contribution in [0.3, 0.4) is 0 Å². The average molecular weight is 213 g/mol. The zero-order valence-corrected chi connectivity index (χ0v) is 10.3. The first-order valence-corrected chi connectivity index (χ1v) is 7.12. The molecule has 0 aromatic heterocycles. The molecule has 0 amide bonds. The van der Waals surface area contributed by atoms with Crippen molar-refractivity contribution in [3.63, 3.8) is 0 Å². The third-order valence-corrected chi connectivity index (χ3v) is 4.83. The van der Waals surface area contributed by atoms with Gasteiger partial charge in [-0.1, -0.05) is 13.8 Å². The molecule has 0 bridgehead atoms. The zero-order valence-electron chi connectivity index (χ0n) is 9.51. The number of nitrogens with one attached hydrogen (secondary N) is 1. The first-order chi connectivity index (χ1) is 6.66. The van der Waals surface area contributed by atoms with Gasteiger partial charge in [0, 0.05) is 6.04 Å². The molecule has 0 aromatic carbocycles. The Morgan fingerprint density at radius 2 is 2.14 bits per heavy atom. The molecule has 1 saturated carbocycles. The van der Waals surface area contributed by atoms with Crippen LogP contribution in [0.4, 0.5) is 0 Å². The second-order valence-electron chi connectivity index (χ2n) is 5.76. The summed E-state index contributed by atoms with van der Waals surface area (Å²) in [5.41, 5.74) is 0.624. The third-order valence-electron chi connectivity index (χ3n) is 3.55. The SMILES string of the molecule is CC1(C)CC(NCC2CCCSC2)C1. The van der Waals surface area contributed by atoms with Gasteiger partial charge in [0.2, 0.25) is 0 Å². The highest BCUT2D eigenvalue weighted by Gasteiger charge is 2.35. The molecule has 1 nitrogen and oxygen atoms in total. The number of thioether (sulfide) groups is 1. The molecule has 1 aliphatic carbocycles. The van der Waals surface area contributed by atoms with E-state index >= 15 is 0 Å². The summed E-state index contributed by atoms with van der Waals surface area (Å²) in [7, 11) is 0. The predicted molar refractivity (Wildman–Crippen MR) is 64.9 cm³/mol. The quantitative estimate of drug-likeness (QED) is 0.773. The maximum absolute atomic E-state index is 3.73. The Bertz CT molecular complexity index is 177. The van der Waals surface area contributed by atoms with E-state index in [4.69, 9.17) is 0 Å². The van der Waals surface area contributed by atoms with E-state index < -0.39 is 0 Å². The van der Waals surface area contributed by atoms with Crippen LogP contribution < -0.4 is 5.32 Å². The van der Waals surface area contributed by atoms with Gasteiger partial charge < -0.3 is 5.32 Å². The largest absolute Gasteiger partial charge is 0.314 e. The van der Waals surface area contributed by atoms with Crippen molar-refractivity contribution < 1.29 is 0 Å². The van der Waals surface area contributed by atoms with Gasteiger partial charge in [0.1, 0.15) is 0 Å². The summed E-state index contributed by atoms with van der Waals surface area (Å²) < 4.78 is 0. The fourth-order valence-corrected chi connectivity index (χ4v) is 3.88. The summed E-state index contributed by atoms with van der Waals surface area (Å²) in [6, 6.07) is 0.830. The number of hydrogen-bond donors (Lipinski definition) is 1. The fourth-order valence-electron chi connectivity index (χ4n) is 2.72. The highest BCUT2D eigenvalue weighted by Crippen LogP contribution is 2.39. The molecule has 2 fully saturated rings. The van der Waals surface area contributed by atoms with Crippen molar-refractivity contribution in [3.8, 4) is 0 Å². The molecule has 2 heteroatoms. The van der Waals surface area contributed by atoms with Crippen molar-refractivity contribution in [2.24, 2.45) is 11.3 Å². The maximum Gasteiger partial charge on any atom is 0.00773 e. The Morgan fingerprint density at radius 1 is 1.36 bits per heavy atom. The van der Waals surface area contributed by atoms with E-state index in [9.17, 15) is 0 Å². The van der Waals surface area contributed by atoms with Crippen LogP contribution in [-0.2, 0) is 0 Å². The molecular weight excluding hydrogens is 190 g/mol. The van der Waals surface area contributed by atoms with Gasteiger partial charge in [-0.05, 0) is 55.1 Å². The fraction of sp³-hybridized carbons (Fsp3) is 1.00. The summed E-state index contributed by atoms with van der Waals surface area (Å²) in [5, 5.41) is 3.73. The van der Waals surface area contributed by atoms with Gasteiger partial charge in [0.15, 0.2) is 0 Å². The first-order valence-electron chi connectivity index (χ1n) is 5.97. The lowest BCUT2D eigenvalue weighted by atomic mass is 9.68. The lowest BCUT2D eigenvalue weighted by molar-refractivity contribution is 0.123. The van der Waals surface area contributed by atoms with E-state index in [2.05, 4.69) is 30.9 Å². The van der Waals surface area contributed by atoms with Gasteiger partial charge in [-0.25, -0.2) is 0 Å².